The van der Waals surface area contributed by atoms with Gasteiger partial charge in [0, 0.05) is 13.1 Å². The highest BCUT2D eigenvalue weighted by Crippen LogP contribution is 2.32. The van der Waals surface area contributed by atoms with Gasteiger partial charge in [-0.25, -0.2) is 0 Å². The highest BCUT2D eigenvalue weighted by Gasteiger charge is 2.27. The zero-order valence-corrected chi connectivity index (χ0v) is 10.4. The van der Waals surface area contributed by atoms with Gasteiger partial charge in [-0.15, -0.1) is 0 Å². The molecule has 1 aromatic rings. The molecule has 3 N–H and O–H groups in total. The van der Waals surface area contributed by atoms with Crippen molar-refractivity contribution in [3.05, 3.63) is 23.8 Å². The number of β-amino-alcohol motifs (C(OH)–C–C–N with tert-alkyl or cyclic N) is 1. The van der Waals surface area contributed by atoms with Crippen LogP contribution in [0.25, 0.3) is 0 Å². The number of fused-ring (bicyclic) bond motifs is 1. The van der Waals surface area contributed by atoms with Gasteiger partial charge >= 0.3 is 0 Å². The lowest BCUT2D eigenvalue weighted by atomic mass is 10.1. The van der Waals surface area contributed by atoms with E-state index in [9.17, 15) is 9.90 Å². The molecule has 102 valence electrons. The van der Waals surface area contributed by atoms with Crippen molar-refractivity contribution in [3.63, 3.8) is 0 Å². The molecule has 1 aromatic carbocycles. The van der Waals surface area contributed by atoms with Crippen molar-refractivity contribution in [1.82, 2.24) is 10.6 Å². The molecule has 3 rings (SSSR count). The van der Waals surface area contributed by atoms with E-state index >= 15 is 0 Å². The Bertz CT molecular complexity index is 492. The standard InChI is InChI=1S/C13H16N2O4/c16-9-4-10(14-6-9)13(17)15-5-8-1-2-11-12(3-8)19-7-18-11/h1-3,9-10,14,16H,4-7H2,(H,15,17). The summed E-state index contributed by atoms with van der Waals surface area (Å²) in [5.74, 6) is 1.35. The number of benzene rings is 1. The quantitative estimate of drug-likeness (QED) is 0.702. The van der Waals surface area contributed by atoms with Crippen LogP contribution < -0.4 is 20.1 Å². The molecular formula is C13H16N2O4. The maximum absolute atomic E-state index is 11.9. The van der Waals surface area contributed by atoms with Crippen LogP contribution in [0.2, 0.25) is 0 Å². The number of ether oxygens (including phenoxy) is 2. The average Bonchev–Trinajstić information content (AvgIpc) is 3.03. The number of hydrogen-bond donors (Lipinski definition) is 3. The molecule has 2 atom stereocenters. The Balaban J connectivity index is 1.56. The molecule has 0 aromatic heterocycles. The first-order chi connectivity index (χ1) is 9.22. The maximum Gasteiger partial charge on any atom is 0.237 e. The number of carbonyl (C=O) groups is 1. The predicted molar refractivity (Wildman–Crippen MR) is 66.8 cm³/mol. The lowest BCUT2D eigenvalue weighted by Crippen LogP contribution is -2.39. The predicted octanol–water partition coefficient (Wildman–Crippen LogP) is -0.246. The van der Waals surface area contributed by atoms with Crippen molar-refractivity contribution >= 4 is 5.91 Å². The SMILES string of the molecule is O=C(NCc1ccc2c(c1)OCO2)C1CC(O)CN1. The molecule has 2 unspecified atom stereocenters. The van der Waals surface area contributed by atoms with Crippen molar-refractivity contribution in [2.75, 3.05) is 13.3 Å². The lowest BCUT2D eigenvalue weighted by molar-refractivity contribution is -0.123. The fourth-order valence-corrected chi connectivity index (χ4v) is 2.28. The molecule has 0 bridgehead atoms. The van der Waals surface area contributed by atoms with Crippen LogP contribution in [-0.4, -0.2) is 36.5 Å². The van der Waals surface area contributed by atoms with Gasteiger partial charge in [-0.1, -0.05) is 6.07 Å². The maximum atomic E-state index is 11.9. The van der Waals surface area contributed by atoms with Gasteiger partial charge in [-0.3, -0.25) is 4.79 Å². The van der Waals surface area contributed by atoms with E-state index in [2.05, 4.69) is 10.6 Å². The Morgan fingerprint density at radius 1 is 1.42 bits per heavy atom. The minimum Gasteiger partial charge on any atom is -0.454 e. The van der Waals surface area contributed by atoms with Crippen LogP contribution >= 0.6 is 0 Å². The Morgan fingerprint density at radius 2 is 2.26 bits per heavy atom. The fourth-order valence-electron chi connectivity index (χ4n) is 2.28. The van der Waals surface area contributed by atoms with Crippen LogP contribution in [0, 0.1) is 0 Å². The summed E-state index contributed by atoms with van der Waals surface area (Å²) < 4.78 is 10.5. The van der Waals surface area contributed by atoms with E-state index in [1.54, 1.807) is 0 Å². The van der Waals surface area contributed by atoms with Gasteiger partial charge in [-0.05, 0) is 24.1 Å². The third-order valence-electron chi connectivity index (χ3n) is 3.33. The molecule has 0 radical (unpaired) electrons. The Hall–Kier alpha value is -1.79. The van der Waals surface area contributed by atoms with Gasteiger partial charge in [0.25, 0.3) is 0 Å². The summed E-state index contributed by atoms with van der Waals surface area (Å²) in [4.78, 5) is 11.9. The molecule has 2 aliphatic rings. The second-order valence-corrected chi connectivity index (χ2v) is 4.76. The number of amides is 1. The van der Waals surface area contributed by atoms with E-state index in [4.69, 9.17) is 9.47 Å². The van der Waals surface area contributed by atoms with Gasteiger partial charge in [0.2, 0.25) is 12.7 Å². The van der Waals surface area contributed by atoms with Crippen molar-refractivity contribution in [2.24, 2.45) is 0 Å². The van der Waals surface area contributed by atoms with Crippen molar-refractivity contribution in [1.29, 1.82) is 0 Å². The summed E-state index contributed by atoms with van der Waals surface area (Å²) in [5, 5.41) is 15.2. The first kappa shape index (κ1) is 12.3. The van der Waals surface area contributed by atoms with E-state index in [0.717, 1.165) is 11.3 Å². The van der Waals surface area contributed by atoms with Gasteiger partial charge in [0.1, 0.15) is 0 Å². The normalized spacial score (nSPS) is 24.5. The Kier molecular flexibility index (Phi) is 3.27. The molecule has 2 heterocycles. The number of hydrogen-bond acceptors (Lipinski definition) is 5. The van der Waals surface area contributed by atoms with Crippen molar-refractivity contribution < 1.29 is 19.4 Å². The largest absolute Gasteiger partial charge is 0.454 e. The van der Waals surface area contributed by atoms with Gasteiger partial charge in [-0.2, -0.15) is 0 Å². The van der Waals surface area contributed by atoms with Crippen LogP contribution in [0.5, 0.6) is 11.5 Å². The molecular weight excluding hydrogens is 248 g/mol. The number of rotatable bonds is 3. The van der Waals surface area contributed by atoms with Crippen LogP contribution in [-0.2, 0) is 11.3 Å². The van der Waals surface area contributed by atoms with Crippen LogP contribution in [0.15, 0.2) is 18.2 Å². The summed E-state index contributed by atoms with van der Waals surface area (Å²) in [5.41, 5.74) is 0.955. The van der Waals surface area contributed by atoms with E-state index in [0.29, 0.717) is 25.3 Å². The smallest absolute Gasteiger partial charge is 0.237 e. The van der Waals surface area contributed by atoms with E-state index in [1.165, 1.54) is 0 Å². The Labute approximate surface area is 110 Å². The average molecular weight is 264 g/mol. The second kappa shape index (κ2) is 5.07. The van der Waals surface area contributed by atoms with Crippen LogP contribution in [0.1, 0.15) is 12.0 Å². The number of carbonyl (C=O) groups excluding carboxylic acids is 1. The molecule has 6 nitrogen and oxygen atoms in total. The molecule has 6 heteroatoms. The number of nitrogens with one attached hydrogen (secondary N) is 2. The number of aliphatic hydroxyl groups excluding tert-OH is 1. The van der Waals surface area contributed by atoms with E-state index in [1.807, 2.05) is 18.2 Å². The third-order valence-corrected chi connectivity index (χ3v) is 3.33. The summed E-state index contributed by atoms with van der Waals surface area (Å²) >= 11 is 0. The van der Waals surface area contributed by atoms with Crippen LogP contribution in [0.3, 0.4) is 0 Å². The number of aliphatic hydroxyl groups is 1. The monoisotopic (exact) mass is 264 g/mol. The molecule has 0 aliphatic carbocycles. The molecule has 2 aliphatic heterocycles. The zero-order valence-electron chi connectivity index (χ0n) is 10.4. The molecule has 0 spiro atoms. The molecule has 1 amide bonds. The van der Waals surface area contributed by atoms with E-state index in [-0.39, 0.29) is 18.7 Å². The zero-order chi connectivity index (χ0) is 13.2. The summed E-state index contributed by atoms with van der Waals surface area (Å²) in [6.45, 7) is 1.15. The minimum atomic E-state index is -0.429. The molecule has 1 fully saturated rings. The fraction of sp³-hybridized carbons (Fsp3) is 0.462. The topological polar surface area (TPSA) is 79.8 Å². The molecule has 19 heavy (non-hydrogen) atoms. The first-order valence-electron chi connectivity index (χ1n) is 6.30. The van der Waals surface area contributed by atoms with Crippen molar-refractivity contribution in [3.8, 4) is 11.5 Å². The molecule has 0 saturated carbocycles. The van der Waals surface area contributed by atoms with Gasteiger partial charge < -0.3 is 25.2 Å². The Morgan fingerprint density at radius 3 is 3.05 bits per heavy atom. The van der Waals surface area contributed by atoms with Gasteiger partial charge in [0.05, 0.1) is 12.1 Å². The molecule has 1 saturated heterocycles. The summed E-state index contributed by atoms with van der Waals surface area (Å²) in [6, 6.07) is 5.29. The van der Waals surface area contributed by atoms with E-state index < -0.39 is 6.10 Å². The first-order valence-corrected chi connectivity index (χ1v) is 6.30. The third kappa shape index (κ3) is 2.64. The highest BCUT2D eigenvalue weighted by molar-refractivity contribution is 5.82. The second-order valence-electron chi connectivity index (χ2n) is 4.76. The van der Waals surface area contributed by atoms with Crippen LogP contribution in [0.4, 0.5) is 0 Å². The highest BCUT2D eigenvalue weighted by atomic mass is 16.7. The van der Waals surface area contributed by atoms with Crippen molar-refractivity contribution in [2.45, 2.75) is 25.1 Å². The summed E-state index contributed by atoms with van der Waals surface area (Å²) in [7, 11) is 0. The lowest BCUT2D eigenvalue weighted by Gasteiger charge is -2.11. The van der Waals surface area contributed by atoms with Gasteiger partial charge in [0.15, 0.2) is 11.5 Å². The minimum absolute atomic E-state index is 0.0887. The summed E-state index contributed by atoms with van der Waals surface area (Å²) in [6.07, 6.45) is 0.0359.